The van der Waals surface area contributed by atoms with Gasteiger partial charge in [-0.25, -0.2) is 0 Å². The molecule has 1 amide bonds. The molecule has 0 spiro atoms. The Bertz CT molecular complexity index is 607. The van der Waals surface area contributed by atoms with Gasteiger partial charge in [-0.15, -0.1) is 0 Å². The van der Waals surface area contributed by atoms with E-state index in [1.807, 2.05) is 6.07 Å². The Kier molecular flexibility index (Phi) is 4.31. The average molecular weight is 267 g/mol. The lowest BCUT2D eigenvalue weighted by atomic mass is 10.1. The van der Waals surface area contributed by atoms with Gasteiger partial charge in [-0.3, -0.25) is 10.2 Å². The van der Waals surface area contributed by atoms with Crippen LogP contribution in [-0.4, -0.2) is 18.2 Å². The third-order valence-electron chi connectivity index (χ3n) is 2.99. The van der Waals surface area contributed by atoms with Gasteiger partial charge >= 0.3 is 0 Å². The van der Waals surface area contributed by atoms with E-state index in [1.54, 1.807) is 35.2 Å². The van der Waals surface area contributed by atoms with Crippen molar-refractivity contribution in [3.05, 3.63) is 24.3 Å². The van der Waals surface area contributed by atoms with Gasteiger partial charge in [0, 0.05) is 18.7 Å². The minimum atomic E-state index is -0.246. The van der Waals surface area contributed by atoms with E-state index in [2.05, 4.69) is 10.5 Å². The van der Waals surface area contributed by atoms with Gasteiger partial charge < -0.3 is 4.90 Å². The molecule has 6 heteroatoms. The average Bonchev–Trinajstić information content (AvgIpc) is 2.49. The number of hydrazone groups is 1. The Hall–Kier alpha value is -2.86. The van der Waals surface area contributed by atoms with Crippen LogP contribution in [0.3, 0.4) is 0 Å². The summed E-state index contributed by atoms with van der Waals surface area (Å²) in [6, 6.07) is 10.5. The Balaban J connectivity index is 2.16. The Morgan fingerprint density at radius 1 is 1.30 bits per heavy atom. The van der Waals surface area contributed by atoms with Crippen molar-refractivity contribution in [1.82, 2.24) is 0 Å². The van der Waals surface area contributed by atoms with Crippen LogP contribution in [0.5, 0.6) is 0 Å². The first-order chi connectivity index (χ1) is 9.74. The maximum absolute atomic E-state index is 11.9. The van der Waals surface area contributed by atoms with Crippen molar-refractivity contribution in [2.75, 3.05) is 16.9 Å². The summed E-state index contributed by atoms with van der Waals surface area (Å²) >= 11 is 0. The number of anilines is 2. The van der Waals surface area contributed by atoms with Gasteiger partial charge in [-0.1, -0.05) is 6.07 Å². The topological polar surface area (TPSA) is 92.3 Å². The largest absolute Gasteiger partial charge is 0.312 e. The highest BCUT2D eigenvalue weighted by Gasteiger charge is 2.19. The fourth-order valence-electron chi connectivity index (χ4n) is 2.02. The van der Waals surface area contributed by atoms with E-state index in [-0.39, 0.29) is 11.6 Å². The SMILES string of the molecule is N#CC(C#N)=NNc1cccc(N2CCCCC2=O)c1. The van der Waals surface area contributed by atoms with E-state index in [0.29, 0.717) is 18.7 Å². The first kappa shape index (κ1) is 13.6. The third kappa shape index (κ3) is 3.12. The maximum Gasteiger partial charge on any atom is 0.237 e. The number of carbonyl (C=O) groups is 1. The molecule has 1 N–H and O–H groups in total. The van der Waals surface area contributed by atoms with Crippen LogP contribution < -0.4 is 10.3 Å². The van der Waals surface area contributed by atoms with Crippen molar-refractivity contribution in [3.8, 4) is 12.1 Å². The molecule has 100 valence electrons. The van der Waals surface area contributed by atoms with Crippen LogP contribution in [0, 0.1) is 22.7 Å². The van der Waals surface area contributed by atoms with Crippen molar-refractivity contribution in [2.45, 2.75) is 19.3 Å². The molecular weight excluding hydrogens is 254 g/mol. The zero-order valence-electron chi connectivity index (χ0n) is 10.8. The van der Waals surface area contributed by atoms with E-state index in [1.165, 1.54) is 0 Å². The highest BCUT2D eigenvalue weighted by atomic mass is 16.2. The number of benzene rings is 1. The summed E-state index contributed by atoms with van der Waals surface area (Å²) in [7, 11) is 0. The van der Waals surface area contributed by atoms with E-state index in [4.69, 9.17) is 10.5 Å². The monoisotopic (exact) mass is 267 g/mol. The summed E-state index contributed by atoms with van der Waals surface area (Å²) in [4.78, 5) is 13.6. The Labute approximate surface area is 116 Å². The van der Waals surface area contributed by atoms with Crippen LogP contribution in [0.2, 0.25) is 0 Å². The zero-order valence-corrected chi connectivity index (χ0v) is 10.8. The number of nitriles is 2. The number of carbonyl (C=O) groups excluding carboxylic acids is 1. The predicted octanol–water partition coefficient (Wildman–Crippen LogP) is 2.02. The molecular formula is C14H13N5O. The van der Waals surface area contributed by atoms with Crippen LogP contribution in [0.1, 0.15) is 19.3 Å². The second kappa shape index (κ2) is 6.35. The van der Waals surface area contributed by atoms with Crippen molar-refractivity contribution in [3.63, 3.8) is 0 Å². The molecule has 1 aliphatic rings. The highest BCUT2D eigenvalue weighted by molar-refractivity contribution is 6.10. The molecule has 1 aliphatic heterocycles. The van der Waals surface area contributed by atoms with Crippen molar-refractivity contribution < 1.29 is 4.79 Å². The van der Waals surface area contributed by atoms with Gasteiger partial charge in [-0.2, -0.15) is 15.6 Å². The molecule has 1 fully saturated rings. The number of nitrogens with zero attached hydrogens (tertiary/aromatic N) is 4. The number of nitrogens with one attached hydrogen (secondary N) is 1. The van der Waals surface area contributed by atoms with Gasteiger partial charge in [0.25, 0.3) is 0 Å². The van der Waals surface area contributed by atoms with E-state index in [9.17, 15) is 4.79 Å². The van der Waals surface area contributed by atoms with Gasteiger partial charge in [0.1, 0.15) is 12.1 Å². The molecule has 0 radical (unpaired) electrons. The molecule has 6 nitrogen and oxygen atoms in total. The second-order valence-corrected chi connectivity index (χ2v) is 4.35. The van der Waals surface area contributed by atoms with E-state index < -0.39 is 0 Å². The summed E-state index contributed by atoms with van der Waals surface area (Å²) in [5.41, 5.74) is 3.83. The second-order valence-electron chi connectivity index (χ2n) is 4.35. The third-order valence-corrected chi connectivity index (χ3v) is 2.99. The van der Waals surface area contributed by atoms with Crippen LogP contribution in [0.4, 0.5) is 11.4 Å². The van der Waals surface area contributed by atoms with E-state index >= 15 is 0 Å². The molecule has 0 unspecified atom stereocenters. The van der Waals surface area contributed by atoms with Crippen LogP contribution in [0.25, 0.3) is 0 Å². The first-order valence-corrected chi connectivity index (χ1v) is 6.29. The number of amides is 1. The lowest BCUT2D eigenvalue weighted by Crippen LogP contribution is -2.35. The van der Waals surface area contributed by atoms with Crippen LogP contribution in [0.15, 0.2) is 29.4 Å². The smallest absolute Gasteiger partial charge is 0.237 e. The lowest BCUT2D eigenvalue weighted by molar-refractivity contribution is -0.119. The van der Waals surface area contributed by atoms with Crippen LogP contribution in [-0.2, 0) is 4.79 Å². The minimum absolute atomic E-state index is 0.117. The molecule has 0 bridgehead atoms. The maximum atomic E-state index is 11.9. The highest BCUT2D eigenvalue weighted by Crippen LogP contribution is 2.23. The van der Waals surface area contributed by atoms with E-state index in [0.717, 1.165) is 18.5 Å². The summed E-state index contributed by atoms with van der Waals surface area (Å²) < 4.78 is 0. The molecule has 1 aromatic carbocycles. The van der Waals surface area contributed by atoms with Gasteiger partial charge in [0.2, 0.25) is 11.6 Å². The summed E-state index contributed by atoms with van der Waals surface area (Å²) in [6.45, 7) is 0.715. The normalized spacial score (nSPS) is 14.1. The Morgan fingerprint density at radius 2 is 2.10 bits per heavy atom. The van der Waals surface area contributed by atoms with Crippen molar-refractivity contribution in [2.24, 2.45) is 5.10 Å². The predicted molar refractivity (Wildman–Crippen MR) is 74.9 cm³/mol. The quantitative estimate of drug-likeness (QED) is 0.669. The number of piperidine rings is 1. The molecule has 1 aromatic rings. The van der Waals surface area contributed by atoms with Gasteiger partial charge in [0.15, 0.2) is 0 Å². The van der Waals surface area contributed by atoms with Crippen LogP contribution >= 0.6 is 0 Å². The van der Waals surface area contributed by atoms with Gasteiger partial charge in [-0.05, 0) is 31.0 Å². The lowest BCUT2D eigenvalue weighted by Gasteiger charge is -2.27. The number of hydrogen-bond acceptors (Lipinski definition) is 5. The molecule has 0 aromatic heterocycles. The molecule has 0 atom stereocenters. The standard InChI is InChI=1S/C14H13N5O/c15-9-12(10-16)18-17-11-4-3-5-13(8-11)19-7-2-1-6-14(19)20/h3-5,8,17H,1-2,6-7H2. The molecule has 0 saturated carbocycles. The molecule has 2 rings (SSSR count). The number of hydrogen-bond donors (Lipinski definition) is 1. The van der Waals surface area contributed by atoms with Gasteiger partial charge in [0.05, 0.1) is 5.69 Å². The van der Waals surface area contributed by atoms with Crippen molar-refractivity contribution >= 4 is 23.0 Å². The summed E-state index contributed by atoms with van der Waals surface area (Å²) in [6.07, 6.45) is 2.50. The fraction of sp³-hybridized carbons (Fsp3) is 0.286. The summed E-state index contributed by atoms with van der Waals surface area (Å²) in [5.74, 6) is 0.117. The van der Waals surface area contributed by atoms with Crippen molar-refractivity contribution in [1.29, 1.82) is 10.5 Å². The zero-order chi connectivity index (χ0) is 14.4. The number of rotatable bonds is 3. The molecule has 0 aliphatic carbocycles. The molecule has 1 heterocycles. The summed E-state index contributed by atoms with van der Waals surface area (Å²) in [5, 5.41) is 20.9. The molecule has 20 heavy (non-hydrogen) atoms. The fourth-order valence-corrected chi connectivity index (χ4v) is 2.02. The first-order valence-electron chi connectivity index (χ1n) is 6.29. The molecule has 1 saturated heterocycles. The minimum Gasteiger partial charge on any atom is -0.312 e. The Morgan fingerprint density at radius 3 is 2.80 bits per heavy atom.